The second kappa shape index (κ2) is 6.97. The Kier molecular flexibility index (Phi) is 4.46. The Balaban J connectivity index is 1.60. The van der Waals surface area contributed by atoms with E-state index < -0.39 is 5.54 Å². The van der Waals surface area contributed by atoms with Crippen LogP contribution in [0.2, 0.25) is 0 Å². The van der Waals surface area contributed by atoms with Gasteiger partial charge in [0.05, 0.1) is 17.6 Å². The van der Waals surface area contributed by atoms with E-state index in [2.05, 4.69) is 20.3 Å². The number of fused-ring (bicyclic) bond motifs is 1. The second-order valence-electron chi connectivity index (χ2n) is 7.15. The van der Waals surface area contributed by atoms with Crippen LogP contribution in [0.15, 0.2) is 59.7 Å². The highest BCUT2D eigenvalue weighted by atomic mass is 16.2. The zero-order valence-corrected chi connectivity index (χ0v) is 16.1. The molecule has 29 heavy (non-hydrogen) atoms. The van der Waals surface area contributed by atoms with Gasteiger partial charge < -0.3 is 11.1 Å². The second-order valence-corrected chi connectivity index (χ2v) is 7.15. The molecule has 0 aliphatic carbocycles. The van der Waals surface area contributed by atoms with Crippen LogP contribution in [0.4, 0.5) is 5.69 Å². The topological polar surface area (TPSA) is 114 Å². The lowest BCUT2D eigenvalue weighted by Crippen LogP contribution is -2.47. The molecule has 3 N–H and O–H groups in total. The molecule has 1 aromatic carbocycles. The number of rotatable bonds is 3. The fourth-order valence-electron chi connectivity index (χ4n) is 3.25. The van der Waals surface area contributed by atoms with Gasteiger partial charge in [-0.15, -0.1) is 0 Å². The van der Waals surface area contributed by atoms with Gasteiger partial charge in [0.2, 0.25) is 5.91 Å². The summed E-state index contributed by atoms with van der Waals surface area (Å²) >= 11 is 0. The Morgan fingerprint density at radius 2 is 2.00 bits per heavy atom. The lowest BCUT2D eigenvalue weighted by Gasteiger charge is -2.32. The molecule has 0 spiro atoms. The number of para-hydroxylation sites is 1. The highest BCUT2D eigenvalue weighted by Crippen LogP contribution is 2.32. The van der Waals surface area contributed by atoms with E-state index in [0.717, 1.165) is 10.9 Å². The molecule has 3 aromatic rings. The lowest BCUT2D eigenvalue weighted by molar-refractivity contribution is -0.128. The number of carbonyl (C=O) groups is 2. The van der Waals surface area contributed by atoms with Crippen LogP contribution in [-0.2, 0) is 10.3 Å². The number of hydrogen-bond donors (Lipinski definition) is 2. The van der Waals surface area contributed by atoms with E-state index in [4.69, 9.17) is 5.73 Å². The summed E-state index contributed by atoms with van der Waals surface area (Å²) in [5, 5.41) is 3.80. The molecule has 1 atom stereocenters. The average molecular weight is 388 g/mol. The van der Waals surface area contributed by atoms with E-state index in [-0.39, 0.29) is 24.2 Å². The Bertz CT molecular complexity index is 1160. The van der Waals surface area contributed by atoms with Crippen LogP contribution in [0.25, 0.3) is 10.9 Å². The molecule has 0 saturated heterocycles. The van der Waals surface area contributed by atoms with Gasteiger partial charge in [0, 0.05) is 24.3 Å². The Labute approximate surface area is 167 Å². The fraction of sp³-hybridized carbons (Fsp3) is 0.190. The molecule has 1 unspecified atom stereocenters. The van der Waals surface area contributed by atoms with Crippen LogP contribution in [-0.4, -0.2) is 39.7 Å². The standard InChI is InChI=1S/C21H20N6O2/c1-21(12-18(28)27(2)20(22)26-21)17-11-14(9-10-23-17)24-19(29)16-8-7-13-5-3-4-6-15(13)25-16/h3-11H,12H2,1-2H3,(H2,22,26)(H,23,24,29). The average Bonchev–Trinajstić information content (AvgIpc) is 2.72. The molecule has 0 saturated carbocycles. The number of benzene rings is 1. The molecule has 8 heteroatoms. The number of nitrogens with zero attached hydrogens (tertiary/aromatic N) is 4. The highest BCUT2D eigenvalue weighted by Gasteiger charge is 2.37. The van der Waals surface area contributed by atoms with Crippen LogP contribution in [0.1, 0.15) is 29.5 Å². The number of anilines is 1. The minimum atomic E-state index is -0.893. The molecule has 0 radical (unpaired) electrons. The van der Waals surface area contributed by atoms with Crippen molar-refractivity contribution in [3.05, 3.63) is 66.1 Å². The molecule has 1 aliphatic rings. The van der Waals surface area contributed by atoms with Gasteiger partial charge in [0.15, 0.2) is 5.96 Å². The van der Waals surface area contributed by atoms with Gasteiger partial charge in [-0.25, -0.2) is 9.98 Å². The molecule has 4 rings (SSSR count). The number of aliphatic imine (C=N–C) groups is 1. The number of amides is 2. The molecular formula is C21H20N6O2. The van der Waals surface area contributed by atoms with E-state index in [1.807, 2.05) is 30.3 Å². The summed E-state index contributed by atoms with van der Waals surface area (Å²) in [6.07, 6.45) is 1.71. The van der Waals surface area contributed by atoms with Gasteiger partial charge in [0.25, 0.3) is 5.91 Å². The van der Waals surface area contributed by atoms with Crippen LogP contribution in [0, 0.1) is 0 Å². The molecule has 0 fully saturated rings. The zero-order chi connectivity index (χ0) is 20.6. The predicted molar refractivity (Wildman–Crippen MR) is 110 cm³/mol. The summed E-state index contributed by atoms with van der Waals surface area (Å²) < 4.78 is 0. The minimum Gasteiger partial charge on any atom is -0.369 e. The minimum absolute atomic E-state index is 0.139. The summed E-state index contributed by atoms with van der Waals surface area (Å²) in [5.41, 5.74) is 7.12. The number of guanidine groups is 1. The SMILES string of the molecule is CN1C(=O)CC(C)(c2cc(NC(=O)c3ccc4ccccc4n3)ccn2)N=C1N. The molecular weight excluding hydrogens is 368 g/mol. The van der Waals surface area contributed by atoms with Gasteiger partial charge in [0.1, 0.15) is 11.2 Å². The van der Waals surface area contributed by atoms with E-state index in [0.29, 0.717) is 17.1 Å². The van der Waals surface area contributed by atoms with Crippen LogP contribution >= 0.6 is 0 Å². The van der Waals surface area contributed by atoms with Crippen LogP contribution in [0.3, 0.4) is 0 Å². The quantitative estimate of drug-likeness (QED) is 0.714. The van der Waals surface area contributed by atoms with Gasteiger partial charge in [-0.05, 0) is 31.2 Å². The predicted octanol–water partition coefficient (Wildman–Crippen LogP) is 2.27. The number of carbonyl (C=O) groups excluding carboxylic acids is 2. The Morgan fingerprint density at radius 1 is 1.21 bits per heavy atom. The maximum Gasteiger partial charge on any atom is 0.274 e. The van der Waals surface area contributed by atoms with Crippen LogP contribution in [0.5, 0.6) is 0 Å². The monoisotopic (exact) mass is 388 g/mol. The van der Waals surface area contributed by atoms with Gasteiger partial charge in [-0.1, -0.05) is 24.3 Å². The molecule has 8 nitrogen and oxygen atoms in total. The first-order valence-corrected chi connectivity index (χ1v) is 9.11. The lowest BCUT2D eigenvalue weighted by atomic mass is 9.91. The zero-order valence-electron chi connectivity index (χ0n) is 16.1. The van der Waals surface area contributed by atoms with Crippen molar-refractivity contribution in [1.29, 1.82) is 0 Å². The third-order valence-corrected chi connectivity index (χ3v) is 4.98. The normalized spacial score (nSPS) is 19.2. The first-order chi connectivity index (χ1) is 13.9. The first kappa shape index (κ1) is 18.5. The van der Waals surface area contributed by atoms with Gasteiger partial charge in [-0.2, -0.15) is 0 Å². The summed E-state index contributed by atoms with van der Waals surface area (Å²) in [6, 6.07) is 14.5. The van der Waals surface area contributed by atoms with E-state index in [1.165, 1.54) is 4.90 Å². The van der Waals surface area contributed by atoms with Crippen molar-refractivity contribution >= 4 is 34.4 Å². The summed E-state index contributed by atoms with van der Waals surface area (Å²) in [7, 11) is 1.58. The summed E-state index contributed by atoms with van der Waals surface area (Å²) in [6.45, 7) is 1.80. The van der Waals surface area contributed by atoms with Crippen molar-refractivity contribution in [3.8, 4) is 0 Å². The number of nitrogens with two attached hydrogens (primary N) is 1. The van der Waals surface area contributed by atoms with Crippen molar-refractivity contribution < 1.29 is 9.59 Å². The van der Waals surface area contributed by atoms with Crippen molar-refractivity contribution in [2.75, 3.05) is 12.4 Å². The smallest absolute Gasteiger partial charge is 0.274 e. The molecule has 1 aliphatic heterocycles. The number of aromatic nitrogens is 2. The number of hydrogen-bond acceptors (Lipinski definition) is 6. The van der Waals surface area contributed by atoms with E-state index >= 15 is 0 Å². The Morgan fingerprint density at radius 3 is 2.79 bits per heavy atom. The van der Waals surface area contributed by atoms with E-state index in [9.17, 15) is 9.59 Å². The molecule has 2 amide bonds. The fourth-order valence-corrected chi connectivity index (χ4v) is 3.25. The Hall–Kier alpha value is -3.81. The van der Waals surface area contributed by atoms with E-state index in [1.54, 1.807) is 38.4 Å². The molecule has 3 heterocycles. The molecule has 2 aromatic heterocycles. The van der Waals surface area contributed by atoms with Crippen molar-refractivity contribution in [2.45, 2.75) is 18.9 Å². The third-order valence-electron chi connectivity index (χ3n) is 4.98. The summed E-state index contributed by atoms with van der Waals surface area (Å²) in [4.78, 5) is 39.4. The maximum absolute atomic E-state index is 12.7. The molecule has 0 bridgehead atoms. The first-order valence-electron chi connectivity index (χ1n) is 9.11. The molecule has 146 valence electrons. The number of nitrogens with one attached hydrogen (secondary N) is 1. The van der Waals surface area contributed by atoms with Gasteiger partial charge in [-0.3, -0.25) is 19.5 Å². The third kappa shape index (κ3) is 3.52. The van der Waals surface area contributed by atoms with Gasteiger partial charge >= 0.3 is 0 Å². The largest absolute Gasteiger partial charge is 0.369 e. The number of pyridine rings is 2. The summed E-state index contributed by atoms with van der Waals surface area (Å²) in [5.74, 6) is -0.336. The maximum atomic E-state index is 12.7. The van der Waals surface area contributed by atoms with Crippen LogP contribution < -0.4 is 11.1 Å². The van der Waals surface area contributed by atoms with Crippen molar-refractivity contribution in [1.82, 2.24) is 14.9 Å². The highest BCUT2D eigenvalue weighted by molar-refractivity contribution is 6.04. The van der Waals surface area contributed by atoms with Crippen molar-refractivity contribution in [3.63, 3.8) is 0 Å². The van der Waals surface area contributed by atoms with Crippen molar-refractivity contribution in [2.24, 2.45) is 10.7 Å².